The summed E-state index contributed by atoms with van der Waals surface area (Å²) in [5.74, 6) is 1.33. The molecule has 4 aromatic rings. The average Bonchev–Trinajstić information content (AvgIpc) is 2.99. The summed E-state index contributed by atoms with van der Waals surface area (Å²) in [6, 6.07) is 33.6. The van der Waals surface area contributed by atoms with Gasteiger partial charge in [-0.25, -0.2) is 0 Å². The second-order valence-corrected chi connectivity index (χ2v) is 8.31. The van der Waals surface area contributed by atoms with E-state index in [4.69, 9.17) is 20.3 Å². The second kappa shape index (κ2) is 15.9. The van der Waals surface area contributed by atoms with Crippen LogP contribution in [0.1, 0.15) is 26.4 Å². The van der Waals surface area contributed by atoms with Crippen LogP contribution in [0, 0.1) is 0 Å². The standard InChI is InChI=1S/C17H18N2O.C16H16N2O/c1-20-16-10-6-5-9-15(16)13-19-17(18)12-11-14-7-3-2-4-8-14;17-16(11-10-13-6-2-1-3-7-13)18-12-14-8-4-5-9-15(14)19/h2-12H,13H2,1H3,(H2,18,19);1-11,19H,12H2,(H2,17,18)/b12-11+;11-10+/i1T3;. The van der Waals surface area contributed by atoms with Gasteiger partial charge in [0.25, 0.3) is 0 Å². The van der Waals surface area contributed by atoms with E-state index < -0.39 is 7.04 Å². The monoisotopic (exact) mass is 524 g/mol. The van der Waals surface area contributed by atoms with Crippen LogP contribution in [0.5, 0.6) is 11.5 Å². The molecule has 198 valence electrons. The van der Waals surface area contributed by atoms with Crippen molar-refractivity contribution in [2.75, 3.05) is 7.04 Å². The first kappa shape index (κ1) is 24.2. The molecule has 4 rings (SSSR count). The van der Waals surface area contributed by atoms with Crippen molar-refractivity contribution in [3.05, 3.63) is 144 Å². The van der Waals surface area contributed by atoms with Gasteiger partial charge >= 0.3 is 0 Å². The number of rotatable bonds is 9. The number of para-hydroxylation sites is 2. The van der Waals surface area contributed by atoms with Crippen LogP contribution < -0.4 is 16.2 Å². The Bertz CT molecular complexity index is 1520. The number of hydrogen-bond donors (Lipinski definition) is 3. The molecule has 0 saturated carbocycles. The number of phenols is 1. The number of aliphatic imine (C=N–C) groups is 2. The van der Waals surface area contributed by atoms with Crippen molar-refractivity contribution < 1.29 is 14.0 Å². The summed E-state index contributed by atoms with van der Waals surface area (Å²) in [5, 5.41) is 9.60. The lowest BCUT2D eigenvalue weighted by Gasteiger charge is -2.05. The highest BCUT2D eigenvalue weighted by molar-refractivity contribution is 5.95. The molecule has 0 fully saturated rings. The number of phenolic OH excluding ortho intramolecular Hbond substituents is 1. The third-order valence-corrected chi connectivity index (χ3v) is 5.43. The molecule has 0 aromatic heterocycles. The molecule has 0 amide bonds. The first-order chi connectivity index (χ1) is 20.2. The van der Waals surface area contributed by atoms with Crippen LogP contribution >= 0.6 is 0 Å². The van der Waals surface area contributed by atoms with Crippen LogP contribution in [-0.4, -0.2) is 23.8 Å². The Labute approximate surface area is 234 Å². The highest BCUT2D eigenvalue weighted by Crippen LogP contribution is 2.18. The van der Waals surface area contributed by atoms with Gasteiger partial charge in [-0.3, -0.25) is 9.98 Å². The van der Waals surface area contributed by atoms with E-state index in [1.165, 1.54) is 0 Å². The molecule has 4 aromatic carbocycles. The largest absolute Gasteiger partial charge is 0.508 e. The molecule has 0 radical (unpaired) electrons. The van der Waals surface area contributed by atoms with E-state index in [-0.39, 0.29) is 18.0 Å². The molecule has 6 nitrogen and oxygen atoms in total. The number of hydrogen-bond acceptors (Lipinski definition) is 4. The maximum absolute atomic E-state index is 9.60. The fourth-order valence-corrected chi connectivity index (χ4v) is 3.33. The van der Waals surface area contributed by atoms with Gasteiger partial charge in [0, 0.05) is 11.1 Å². The topological polar surface area (TPSA) is 106 Å². The number of nitrogens with two attached hydrogens (primary N) is 2. The zero-order valence-electron chi connectivity index (χ0n) is 24.5. The summed E-state index contributed by atoms with van der Waals surface area (Å²) in [6.45, 7) is 0.620. The molecule has 0 saturated heterocycles. The van der Waals surface area contributed by atoms with Crippen molar-refractivity contribution in [2.45, 2.75) is 13.1 Å². The van der Waals surface area contributed by atoms with Crippen LogP contribution in [0.15, 0.2) is 131 Å². The van der Waals surface area contributed by atoms with Gasteiger partial charge in [0.05, 0.1) is 24.2 Å². The minimum absolute atomic E-state index is 0.242. The molecule has 0 bridgehead atoms. The first-order valence-electron chi connectivity index (χ1n) is 13.8. The number of amidine groups is 2. The number of aromatic hydroxyl groups is 1. The lowest BCUT2D eigenvalue weighted by molar-refractivity contribution is 0.410. The van der Waals surface area contributed by atoms with Gasteiger partial charge in [0.2, 0.25) is 0 Å². The molecule has 0 heterocycles. The predicted molar refractivity (Wildman–Crippen MR) is 163 cm³/mol. The summed E-state index contributed by atoms with van der Waals surface area (Å²) in [7, 11) is -2.49. The summed E-state index contributed by atoms with van der Waals surface area (Å²) in [4.78, 5) is 8.46. The van der Waals surface area contributed by atoms with E-state index in [2.05, 4.69) is 9.98 Å². The quantitative estimate of drug-likeness (QED) is 0.178. The SMILES string of the molecule is NC(/C=C/c1ccccc1)=NCc1ccccc1O.[3H]C([3H])([3H])Oc1ccccc1CN=C(N)/C=C/c1ccccc1. The summed E-state index contributed by atoms with van der Waals surface area (Å²) in [6.07, 6.45) is 7.24. The van der Waals surface area contributed by atoms with Crippen LogP contribution in [0.25, 0.3) is 12.2 Å². The van der Waals surface area contributed by atoms with Crippen molar-refractivity contribution in [2.24, 2.45) is 21.5 Å². The third-order valence-electron chi connectivity index (χ3n) is 5.43. The Morgan fingerprint density at radius 2 is 1.15 bits per heavy atom. The highest BCUT2D eigenvalue weighted by Gasteiger charge is 2.00. The average molecular weight is 525 g/mol. The molecule has 0 unspecified atom stereocenters. The van der Waals surface area contributed by atoms with Gasteiger partial charge in [-0.15, -0.1) is 0 Å². The van der Waals surface area contributed by atoms with Gasteiger partial charge in [-0.2, -0.15) is 0 Å². The minimum Gasteiger partial charge on any atom is -0.508 e. The third kappa shape index (κ3) is 10.4. The smallest absolute Gasteiger partial charge is 0.123 e. The van der Waals surface area contributed by atoms with Crippen LogP contribution in [0.4, 0.5) is 0 Å². The maximum atomic E-state index is 9.60. The Morgan fingerprint density at radius 3 is 1.69 bits per heavy atom. The van der Waals surface area contributed by atoms with Gasteiger partial charge in [0.15, 0.2) is 0 Å². The number of nitrogens with zero attached hydrogens (tertiary/aromatic N) is 2. The van der Waals surface area contributed by atoms with E-state index in [1.54, 1.807) is 48.6 Å². The first-order valence-corrected chi connectivity index (χ1v) is 12.3. The molecule has 0 atom stereocenters. The Kier molecular flexibility index (Phi) is 9.88. The molecule has 0 aliphatic heterocycles. The van der Waals surface area contributed by atoms with E-state index in [0.29, 0.717) is 23.8 Å². The van der Waals surface area contributed by atoms with Gasteiger partial charge in [0.1, 0.15) is 23.2 Å². The minimum atomic E-state index is -2.49. The van der Waals surface area contributed by atoms with E-state index in [0.717, 1.165) is 16.7 Å². The van der Waals surface area contributed by atoms with Crippen molar-refractivity contribution in [3.63, 3.8) is 0 Å². The molecular formula is C33H34N4O2. The van der Waals surface area contributed by atoms with Gasteiger partial charge < -0.3 is 21.3 Å². The lowest BCUT2D eigenvalue weighted by atomic mass is 10.2. The summed E-state index contributed by atoms with van der Waals surface area (Å²) in [5.41, 5.74) is 15.2. The molecule has 5 N–H and O–H groups in total. The Morgan fingerprint density at radius 1 is 0.692 bits per heavy atom. The van der Waals surface area contributed by atoms with Crippen molar-refractivity contribution in [1.29, 1.82) is 0 Å². The summed E-state index contributed by atoms with van der Waals surface area (Å²) >= 11 is 0. The molecule has 0 aliphatic rings. The zero-order chi connectivity index (χ0) is 30.2. The predicted octanol–water partition coefficient (Wildman–Crippen LogP) is 6.23. The van der Waals surface area contributed by atoms with Crippen LogP contribution in [0.3, 0.4) is 0 Å². The van der Waals surface area contributed by atoms with E-state index >= 15 is 0 Å². The lowest BCUT2D eigenvalue weighted by Crippen LogP contribution is -2.08. The molecule has 39 heavy (non-hydrogen) atoms. The normalized spacial score (nSPS) is 13.3. The van der Waals surface area contributed by atoms with Crippen molar-refractivity contribution >= 4 is 23.8 Å². The highest BCUT2D eigenvalue weighted by atomic mass is 16.5. The van der Waals surface area contributed by atoms with E-state index in [9.17, 15) is 5.11 Å². The van der Waals surface area contributed by atoms with Gasteiger partial charge in [-0.1, -0.05) is 109 Å². The molecular weight excluding hydrogens is 484 g/mol. The maximum Gasteiger partial charge on any atom is 0.123 e. The fraction of sp³-hybridized carbons (Fsp3) is 0.0909. The number of benzene rings is 4. The fourth-order valence-electron chi connectivity index (χ4n) is 3.33. The van der Waals surface area contributed by atoms with Gasteiger partial charge in [-0.05, 0) is 35.4 Å². The Hall–Kier alpha value is -5.10. The van der Waals surface area contributed by atoms with E-state index in [1.807, 2.05) is 84.9 Å². The number of ether oxygens (including phenoxy) is 1. The summed E-state index contributed by atoms with van der Waals surface area (Å²) < 4.78 is 26.5. The molecule has 0 spiro atoms. The number of methoxy groups -OCH3 is 1. The zero-order valence-corrected chi connectivity index (χ0v) is 21.5. The second-order valence-electron chi connectivity index (χ2n) is 8.31. The molecule has 0 aliphatic carbocycles. The van der Waals surface area contributed by atoms with Crippen LogP contribution in [0.2, 0.25) is 0 Å². The van der Waals surface area contributed by atoms with Crippen molar-refractivity contribution in [1.82, 2.24) is 0 Å². The Balaban J connectivity index is 0.000000235. The van der Waals surface area contributed by atoms with Crippen LogP contribution in [-0.2, 0) is 13.1 Å². The van der Waals surface area contributed by atoms with Crippen molar-refractivity contribution in [3.8, 4) is 11.5 Å². The molecule has 6 heteroatoms.